The van der Waals surface area contributed by atoms with E-state index >= 15 is 0 Å². The van der Waals surface area contributed by atoms with Gasteiger partial charge in [0, 0.05) is 0 Å². The highest BCUT2D eigenvalue weighted by Crippen LogP contribution is 2.23. The summed E-state index contributed by atoms with van der Waals surface area (Å²) < 4.78 is 0. The smallest absolute Gasteiger partial charge is 0.0276 e. The highest BCUT2D eigenvalue weighted by Gasteiger charge is 2.10. The Labute approximate surface area is 149 Å². The van der Waals surface area contributed by atoms with E-state index in [1.54, 1.807) is 0 Å². The van der Waals surface area contributed by atoms with Gasteiger partial charge in [-0.05, 0) is 48.6 Å². The molecule has 0 aromatic heterocycles. The lowest BCUT2D eigenvalue weighted by Crippen LogP contribution is -2.06. The van der Waals surface area contributed by atoms with Crippen LogP contribution in [0.1, 0.15) is 63.5 Å². The molecule has 0 unspecified atom stereocenters. The highest BCUT2D eigenvalue weighted by atomic mass is 14.2. The van der Waals surface area contributed by atoms with Crippen LogP contribution in [0.15, 0.2) is 60.7 Å². The van der Waals surface area contributed by atoms with Crippen molar-refractivity contribution in [3.63, 3.8) is 0 Å². The average molecular weight is 323 g/mol. The molecule has 0 heterocycles. The summed E-state index contributed by atoms with van der Waals surface area (Å²) in [5.74, 6) is 1.74. The van der Waals surface area contributed by atoms with Crippen LogP contribution >= 0.6 is 0 Å². The third-order valence-electron chi connectivity index (χ3n) is 5.37. The minimum Gasteiger partial charge on any atom is -0.0651 e. The Morgan fingerprint density at radius 1 is 0.667 bits per heavy atom. The van der Waals surface area contributed by atoms with Crippen molar-refractivity contribution in [3.05, 3.63) is 71.8 Å². The van der Waals surface area contributed by atoms with E-state index in [0.29, 0.717) is 0 Å². The molecule has 2 aromatic rings. The van der Waals surface area contributed by atoms with Crippen LogP contribution in [-0.4, -0.2) is 0 Å². The van der Waals surface area contributed by atoms with E-state index in [-0.39, 0.29) is 0 Å². The van der Waals surface area contributed by atoms with E-state index in [0.717, 1.165) is 11.8 Å². The molecule has 0 saturated carbocycles. The number of hydrogen-bond donors (Lipinski definition) is 0. The molecule has 0 radical (unpaired) electrons. The van der Waals surface area contributed by atoms with E-state index in [9.17, 15) is 0 Å². The second-order valence-electron chi connectivity index (χ2n) is 7.36. The molecule has 0 nitrogen and oxygen atoms in total. The summed E-state index contributed by atoms with van der Waals surface area (Å²) in [6, 6.07) is 22.0. The number of benzene rings is 2. The van der Waals surface area contributed by atoms with E-state index < -0.39 is 0 Å². The fraction of sp³-hybridized carbons (Fsp3) is 0.500. The van der Waals surface area contributed by atoms with Gasteiger partial charge < -0.3 is 0 Å². The van der Waals surface area contributed by atoms with Crippen molar-refractivity contribution < 1.29 is 0 Å². The Morgan fingerprint density at radius 2 is 1.17 bits per heavy atom. The Morgan fingerprint density at radius 3 is 1.62 bits per heavy atom. The zero-order valence-electron chi connectivity index (χ0n) is 15.6. The molecule has 0 spiro atoms. The van der Waals surface area contributed by atoms with Gasteiger partial charge in [0.1, 0.15) is 0 Å². The van der Waals surface area contributed by atoms with Crippen LogP contribution in [-0.2, 0) is 12.8 Å². The fourth-order valence-corrected chi connectivity index (χ4v) is 3.42. The number of hydrogen-bond acceptors (Lipinski definition) is 0. The van der Waals surface area contributed by atoms with Gasteiger partial charge in [0.2, 0.25) is 0 Å². The zero-order chi connectivity index (χ0) is 17.0. The molecule has 24 heavy (non-hydrogen) atoms. The van der Waals surface area contributed by atoms with Crippen LogP contribution in [0.4, 0.5) is 0 Å². The first-order chi connectivity index (χ1) is 11.8. The summed E-state index contributed by atoms with van der Waals surface area (Å²) in [5.41, 5.74) is 2.98. The molecular weight excluding hydrogens is 288 g/mol. The lowest BCUT2D eigenvalue weighted by atomic mass is 9.88. The van der Waals surface area contributed by atoms with Gasteiger partial charge in [-0.3, -0.25) is 0 Å². The molecular formula is C24H34. The normalized spacial score (nSPS) is 12.5. The van der Waals surface area contributed by atoms with Gasteiger partial charge in [-0.15, -0.1) is 0 Å². The van der Waals surface area contributed by atoms with Crippen molar-refractivity contribution in [1.29, 1.82) is 0 Å². The van der Waals surface area contributed by atoms with Gasteiger partial charge in [0.25, 0.3) is 0 Å². The molecule has 0 saturated heterocycles. The van der Waals surface area contributed by atoms with Gasteiger partial charge in [0.15, 0.2) is 0 Å². The van der Waals surface area contributed by atoms with E-state index in [2.05, 4.69) is 74.5 Å². The molecule has 2 rings (SSSR count). The van der Waals surface area contributed by atoms with Crippen LogP contribution in [0, 0.1) is 11.8 Å². The predicted octanol–water partition coefficient (Wildman–Crippen LogP) is 7.08. The molecule has 0 aliphatic carbocycles. The van der Waals surface area contributed by atoms with E-state index in [1.807, 2.05) is 0 Å². The van der Waals surface area contributed by atoms with Gasteiger partial charge in [-0.2, -0.15) is 0 Å². The van der Waals surface area contributed by atoms with Crippen LogP contribution in [0.3, 0.4) is 0 Å². The van der Waals surface area contributed by atoms with Gasteiger partial charge in [0.05, 0.1) is 0 Å². The van der Waals surface area contributed by atoms with E-state index in [1.165, 1.54) is 62.5 Å². The van der Waals surface area contributed by atoms with Crippen LogP contribution < -0.4 is 0 Å². The van der Waals surface area contributed by atoms with Crippen molar-refractivity contribution in [2.75, 3.05) is 0 Å². The maximum atomic E-state index is 2.39. The summed E-state index contributed by atoms with van der Waals surface area (Å²) in [6.07, 6.45) is 10.6. The maximum absolute atomic E-state index is 2.39. The third kappa shape index (κ3) is 7.34. The van der Waals surface area contributed by atoms with Crippen LogP contribution in [0.25, 0.3) is 0 Å². The Balaban J connectivity index is 1.82. The molecule has 130 valence electrons. The largest absolute Gasteiger partial charge is 0.0651 e. The minimum atomic E-state index is 0.856. The molecule has 0 aliphatic rings. The van der Waals surface area contributed by atoms with Gasteiger partial charge in [-0.25, -0.2) is 0 Å². The van der Waals surface area contributed by atoms with Crippen molar-refractivity contribution >= 4 is 0 Å². The molecule has 1 atom stereocenters. The van der Waals surface area contributed by atoms with Gasteiger partial charge >= 0.3 is 0 Å². The predicted molar refractivity (Wildman–Crippen MR) is 106 cm³/mol. The second kappa shape index (κ2) is 11.1. The first kappa shape index (κ1) is 18.8. The molecule has 0 N–H and O–H groups in total. The Hall–Kier alpha value is -1.56. The molecule has 0 heteroatoms. The third-order valence-corrected chi connectivity index (χ3v) is 5.37. The summed E-state index contributed by atoms with van der Waals surface area (Å²) in [5, 5.41) is 0. The Bertz CT molecular complexity index is 485. The molecule has 0 bridgehead atoms. The summed E-state index contributed by atoms with van der Waals surface area (Å²) >= 11 is 0. The zero-order valence-corrected chi connectivity index (χ0v) is 15.6. The second-order valence-corrected chi connectivity index (χ2v) is 7.36. The molecule has 0 amide bonds. The fourth-order valence-electron chi connectivity index (χ4n) is 3.42. The molecule has 0 fully saturated rings. The standard InChI is InChI=1S/C24H34/c1-3-21(2)11-10-16-24(19-17-22-12-6-4-7-13-22)20-18-23-14-8-5-9-15-23/h4-9,12-15,21,24H,3,10-11,16-20H2,1-2H3/t21-/m1/s1. The van der Waals surface area contributed by atoms with Crippen LogP contribution in [0.5, 0.6) is 0 Å². The van der Waals surface area contributed by atoms with Crippen molar-refractivity contribution in [1.82, 2.24) is 0 Å². The average Bonchev–Trinajstić information content (AvgIpc) is 2.65. The van der Waals surface area contributed by atoms with Crippen LogP contribution in [0.2, 0.25) is 0 Å². The lowest BCUT2D eigenvalue weighted by molar-refractivity contribution is 0.378. The highest BCUT2D eigenvalue weighted by molar-refractivity contribution is 5.15. The number of aryl methyl sites for hydroxylation is 2. The first-order valence-corrected chi connectivity index (χ1v) is 9.85. The lowest BCUT2D eigenvalue weighted by Gasteiger charge is -2.18. The quantitative estimate of drug-likeness (QED) is 0.414. The molecule has 2 aromatic carbocycles. The first-order valence-electron chi connectivity index (χ1n) is 9.85. The van der Waals surface area contributed by atoms with Gasteiger partial charge in [-0.1, -0.05) is 100 Å². The van der Waals surface area contributed by atoms with E-state index in [4.69, 9.17) is 0 Å². The van der Waals surface area contributed by atoms with Crippen molar-refractivity contribution in [2.24, 2.45) is 11.8 Å². The van der Waals surface area contributed by atoms with Crippen molar-refractivity contribution in [3.8, 4) is 0 Å². The monoisotopic (exact) mass is 322 g/mol. The minimum absolute atomic E-state index is 0.856. The van der Waals surface area contributed by atoms with Crippen molar-refractivity contribution in [2.45, 2.75) is 65.2 Å². The summed E-state index contributed by atoms with van der Waals surface area (Å²) in [7, 11) is 0. The maximum Gasteiger partial charge on any atom is -0.0276 e. The summed E-state index contributed by atoms with van der Waals surface area (Å²) in [6.45, 7) is 4.70. The SMILES string of the molecule is CC[C@@H](C)CCCC(CCc1ccccc1)CCc1ccccc1. The number of rotatable bonds is 11. The Kier molecular flexibility index (Phi) is 8.66. The summed E-state index contributed by atoms with van der Waals surface area (Å²) in [4.78, 5) is 0. The topological polar surface area (TPSA) is 0 Å². The molecule has 0 aliphatic heterocycles.